The first kappa shape index (κ1) is 15.4. The Morgan fingerprint density at radius 3 is 2.52 bits per heavy atom. The molecule has 3 nitrogen and oxygen atoms in total. The van der Waals surface area contributed by atoms with Crippen LogP contribution in [0.25, 0.3) is 0 Å². The van der Waals surface area contributed by atoms with Crippen LogP contribution in [0.2, 0.25) is 0 Å². The molecule has 0 aliphatic carbocycles. The molecule has 0 unspecified atom stereocenters. The summed E-state index contributed by atoms with van der Waals surface area (Å²) < 4.78 is 13.1. The fourth-order valence-corrected chi connectivity index (χ4v) is 2.14. The number of hydrogen-bond donors (Lipinski definition) is 1. The van der Waals surface area contributed by atoms with Crippen molar-refractivity contribution in [2.75, 3.05) is 11.9 Å². The van der Waals surface area contributed by atoms with E-state index in [4.69, 9.17) is 0 Å². The minimum atomic E-state index is -0.222. The van der Waals surface area contributed by atoms with E-state index in [1.54, 1.807) is 12.1 Å². The average Bonchev–Trinajstić information content (AvgIpc) is 2.46. The van der Waals surface area contributed by atoms with E-state index in [1.807, 2.05) is 20.2 Å². The van der Waals surface area contributed by atoms with Crippen molar-refractivity contribution in [1.82, 2.24) is 10.3 Å². The Bertz CT molecular complexity index is 593. The summed E-state index contributed by atoms with van der Waals surface area (Å²) in [5.74, 6) is -0.222. The zero-order valence-corrected chi connectivity index (χ0v) is 13.0. The third kappa shape index (κ3) is 4.02. The fraction of sp³-hybridized carbons (Fsp3) is 0.353. The Morgan fingerprint density at radius 1 is 1.24 bits per heavy atom. The number of aryl methyl sites for hydroxylation is 1. The van der Waals surface area contributed by atoms with E-state index >= 15 is 0 Å². The van der Waals surface area contributed by atoms with Crippen LogP contribution < -0.4 is 10.2 Å². The van der Waals surface area contributed by atoms with Crippen LogP contribution in [-0.2, 0) is 6.54 Å². The highest BCUT2D eigenvalue weighted by molar-refractivity contribution is 5.65. The maximum absolute atomic E-state index is 13.1. The lowest BCUT2D eigenvalue weighted by Gasteiger charge is -2.23. The van der Waals surface area contributed by atoms with Gasteiger partial charge in [-0.2, -0.15) is 0 Å². The SMILES string of the molecule is Cc1cc(N(C)c2ccc(F)cc2)c(CNC(C)C)cn1. The highest BCUT2D eigenvalue weighted by atomic mass is 19.1. The molecular formula is C17H22FN3. The fourth-order valence-electron chi connectivity index (χ4n) is 2.14. The van der Waals surface area contributed by atoms with E-state index in [1.165, 1.54) is 12.1 Å². The minimum Gasteiger partial charge on any atom is -0.344 e. The molecule has 1 N–H and O–H groups in total. The summed E-state index contributed by atoms with van der Waals surface area (Å²) in [6.07, 6.45) is 1.90. The Labute approximate surface area is 125 Å². The van der Waals surface area contributed by atoms with Crippen molar-refractivity contribution in [1.29, 1.82) is 0 Å². The molecule has 0 bridgehead atoms. The van der Waals surface area contributed by atoms with Gasteiger partial charge in [-0.15, -0.1) is 0 Å². The van der Waals surface area contributed by atoms with Crippen LogP contribution >= 0.6 is 0 Å². The van der Waals surface area contributed by atoms with Crippen LogP contribution in [0.5, 0.6) is 0 Å². The molecule has 1 aromatic carbocycles. The van der Waals surface area contributed by atoms with E-state index < -0.39 is 0 Å². The van der Waals surface area contributed by atoms with Gasteiger partial charge in [-0.25, -0.2) is 4.39 Å². The van der Waals surface area contributed by atoms with Crippen molar-refractivity contribution >= 4 is 11.4 Å². The summed E-state index contributed by atoms with van der Waals surface area (Å²) in [6.45, 7) is 6.96. The molecule has 2 aromatic rings. The van der Waals surface area contributed by atoms with Gasteiger partial charge in [0.05, 0.1) is 0 Å². The van der Waals surface area contributed by atoms with Crippen molar-refractivity contribution in [2.45, 2.75) is 33.4 Å². The standard InChI is InChI=1S/C17H22FN3/c1-12(2)19-10-14-11-20-13(3)9-17(14)21(4)16-7-5-15(18)6-8-16/h5-9,11-12,19H,10H2,1-4H3. The number of aromatic nitrogens is 1. The van der Waals surface area contributed by atoms with Crippen LogP contribution in [0.15, 0.2) is 36.5 Å². The first-order valence-electron chi connectivity index (χ1n) is 7.15. The van der Waals surface area contributed by atoms with E-state index in [0.29, 0.717) is 6.04 Å². The van der Waals surface area contributed by atoms with E-state index in [9.17, 15) is 4.39 Å². The molecule has 0 radical (unpaired) electrons. The number of nitrogens with one attached hydrogen (secondary N) is 1. The molecule has 0 amide bonds. The lowest BCUT2D eigenvalue weighted by Crippen LogP contribution is -2.23. The maximum atomic E-state index is 13.1. The van der Waals surface area contributed by atoms with Gasteiger partial charge >= 0.3 is 0 Å². The molecule has 2 rings (SSSR count). The quantitative estimate of drug-likeness (QED) is 0.906. The molecule has 1 aromatic heterocycles. The van der Waals surface area contributed by atoms with Crippen LogP contribution in [0, 0.1) is 12.7 Å². The van der Waals surface area contributed by atoms with Gasteiger partial charge in [0.2, 0.25) is 0 Å². The molecule has 1 heterocycles. The topological polar surface area (TPSA) is 28.2 Å². The molecule has 0 spiro atoms. The molecule has 0 fully saturated rings. The van der Waals surface area contributed by atoms with Crippen LogP contribution in [0.1, 0.15) is 25.1 Å². The van der Waals surface area contributed by atoms with Crippen LogP contribution in [0.3, 0.4) is 0 Å². The number of halogens is 1. The van der Waals surface area contributed by atoms with Crippen molar-refractivity contribution in [3.63, 3.8) is 0 Å². The number of hydrogen-bond acceptors (Lipinski definition) is 3. The molecule has 0 saturated carbocycles. The number of rotatable bonds is 5. The predicted molar refractivity (Wildman–Crippen MR) is 85.4 cm³/mol. The van der Waals surface area contributed by atoms with Gasteiger partial charge in [-0.3, -0.25) is 4.98 Å². The Kier molecular flexibility index (Phi) is 4.91. The molecule has 0 aliphatic heterocycles. The van der Waals surface area contributed by atoms with Crippen LogP contribution in [-0.4, -0.2) is 18.1 Å². The zero-order valence-electron chi connectivity index (χ0n) is 13.0. The molecule has 4 heteroatoms. The smallest absolute Gasteiger partial charge is 0.123 e. The largest absolute Gasteiger partial charge is 0.344 e. The lowest BCUT2D eigenvalue weighted by atomic mass is 10.1. The van der Waals surface area contributed by atoms with E-state index in [2.05, 4.69) is 35.1 Å². The summed E-state index contributed by atoms with van der Waals surface area (Å²) in [6, 6.07) is 8.99. The molecule has 112 valence electrons. The van der Waals surface area contributed by atoms with Gasteiger partial charge in [0.25, 0.3) is 0 Å². The second-order valence-corrected chi connectivity index (χ2v) is 5.53. The summed E-state index contributed by atoms with van der Waals surface area (Å²) in [4.78, 5) is 6.44. The van der Waals surface area contributed by atoms with Crippen molar-refractivity contribution in [2.24, 2.45) is 0 Å². The average molecular weight is 287 g/mol. The number of anilines is 2. The van der Waals surface area contributed by atoms with Gasteiger partial charge in [0.15, 0.2) is 0 Å². The highest BCUT2D eigenvalue weighted by Gasteiger charge is 2.11. The molecular weight excluding hydrogens is 265 g/mol. The normalized spacial score (nSPS) is 11.0. The first-order chi connectivity index (χ1) is 9.97. The van der Waals surface area contributed by atoms with Gasteiger partial charge in [0, 0.05) is 48.5 Å². The molecule has 0 atom stereocenters. The first-order valence-corrected chi connectivity index (χ1v) is 7.15. The van der Waals surface area contributed by atoms with Gasteiger partial charge in [-0.05, 0) is 37.3 Å². The number of nitrogens with zero attached hydrogens (tertiary/aromatic N) is 2. The Morgan fingerprint density at radius 2 is 1.90 bits per heavy atom. The van der Waals surface area contributed by atoms with Gasteiger partial charge in [-0.1, -0.05) is 13.8 Å². The third-order valence-electron chi connectivity index (χ3n) is 3.37. The summed E-state index contributed by atoms with van der Waals surface area (Å²) in [7, 11) is 1.99. The minimum absolute atomic E-state index is 0.222. The predicted octanol–water partition coefficient (Wildman–Crippen LogP) is 3.80. The van der Waals surface area contributed by atoms with Crippen molar-refractivity contribution in [3.05, 3.63) is 53.6 Å². The van der Waals surface area contributed by atoms with Crippen LogP contribution in [0.4, 0.5) is 15.8 Å². The third-order valence-corrected chi connectivity index (χ3v) is 3.37. The second-order valence-electron chi connectivity index (χ2n) is 5.53. The maximum Gasteiger partial charge on any atom is 0.123 e. The van der Waals surface area contributed by atoms with E-state index in [-0.39, 0.29) is 5.82 Å². The number of benzene rings is 1. The summed E-state index contributed by atoms with van der Waals surface area (Å²) in [5, 5.41) is 3.41. The van der Waals surface area contributed by atoms with E-state index in [0.717, 1.165) is 29.2 Å². The monoisotopic (exact) mass is 287 g/mol. The molecule has 0 saturated heterocycles. The highest BCUT2D eigenvalue weighted by Crippen LogP contribution is 2.27. The molecule has 21 heavy (non-hydrogen) atoms. The Hall–Kier alpha value is -1.94. The zero-order chi connectivity index (χ0) is 15.4. The Balaban J connectivity index is 2.31. The summed E-state index contributed by atoms with van der Waals surface area (Å²) >= 11 is 0. The van der Waals surface area contributed by atoms with Gasteiger partial charge in [0.1, 0.15) is 5.82 Å². The summed E-state index contributed by atoms with van der Waals surface area (Å²) in [5.41, 5.74) is 4.13. The lowest BCUT2D eigenvalue weighted by molar-refractivity contribution is 0.588. The number of pyridine rings is 1. The van der Waals surface area contributed by atoms with Gasteiger partial charge < -0.3 is 10.2 Å². The second kappa shape index (κ2) is 6.68. The molecule has 0 aliphatic rings. The van der Waals surface area contributed by atoms with Crippen molar-refractivity contribution in [3.8, 4) is 0 Å². The van der Waals surface area contributed by atoms with Crippen molar-refractivity contribution < 1.29 is 4.39 Å².